The SMILES string of the molecule is Cc1cc(N2C(=S)N[C@@H](c3ccccn3)[C@H]2c2cccn2C(C)C)ccc1F. The summed E-state index contributed by atoms with van der Waals surface area (Å²) in [6.07, 6.45) is 3.88. The van der Waals surface area contributed by atoms with Crippen LogP contribution in [0.15, 0.2) is 60.9 Å². The largest absolute Gasteiger partial charge is 0.351 e. The zero-order valence-electron chi connectivity index (χ0n) is 16.1. The number of hydrogen-bond acceptors (Lipinski definition) is 2. The van der Waals surface area contributed by atoms with Crippen molar-refractivity contribution in [3.8, 4) is 0 Å². The summed E-state index contributed by atoms with van der Waals surface area (Å²) in [6.45, 7) is 6.09. The predicted octanol–water partition coefficient (Wildman–Crippen LogP) is 5.09. The topological polar surface area (TPSA) is 33.1 Å². The van der Waals surface area contributed by atoms with Gasteiger partial charge in [-0.25, -0.2) is 4.39 Å². The number of hydrogen-bond donors (Lipinski definition) is 1. The molecule has 1 aliphatic heterocycles. The number of aromatic nitrogens is 2. The first-order valence-corrected chi connectivity index (χ1v) is 9.81. The van der Waals surface area contributed by atoms with E-state index in [0.717, 1.165) is 17.1 Å². The number of thiocarbonyl (C=S) groups is 1. The molecular weight excluding hydrogens is 371 g/mol. The zero-order chi connectivity index (χ0) is 19.8. The van der Waals surface area contributed by atoms with Crippen LogP contribution in [0.2, 0.25) is 0 Å². The second-order valence-electron chi connectivity index (χ2n) is 7.36. The highest BCUT2D eigenvalue weighted by Gasteiger charge is 2.42. The quantitative estimate of drug-likeness (QED) is 0.625. The van der Waals surface area contributed by atoms with Crippen molar-refractivity contribution in [3.05, 3.63) is 83.7 Å². The summed E-state index contributed by atoms with van der Waals surface area (Å²) in [6, 6.07) is 15.3. The van der Waals surface area contributed by atoms with E-state index in [1.54, 1.807) is 19.2 Å². The molecule has 2 atom stereocenters. The Kier molecular flexibility index (Phi) is 4.89. The molecule has 0 unspecified atom stereocenters. The zero-order valence-corrected chi connectivity index (χ0v) is 16.9. The molecule has 0 amide bonds. The van der Waals surface area contributed by atoms with Crippen LogP contribution in [-0.2, 0) is 0 Å². The molecule has 1 saturated heterocycles. The number of anilines is 1. The van der Waals surface area contributed by atoms with Crippen molar-refractivity contribution in [3.63, 3.8) is 0 Å². The highest BCUT2D eigenvalue weighted by atomic mass is 32.1. The van der Waals surface area contributed by atoms with Crippen molar-refractivity contribution >= 4 is 23.0 Å². The molecule has 1 aliphatic rings. The molecule has 1 aromatic carbocycles. The first kappa shape index (κ1) is 18.6. The van der Waals surface area contributed by atoms with Crippen LogP contribution in [0.1, 0.15) is 48.9 Å². The van der Waals surface area contributed by atoms with Gasteiger partial charge in [0.1, 0.15) is 11.9 Å². The van der Waals surface area contributed by atoms with Crippen molar-refractivity contribution in [1.82, 2.24) is 14.9 Å². The molecule has 3 heterocycles. The third-order valence-electron chi connectivity index (χ3n) is 5.19. The highest BCUT2D eigenvalue weighted by Crippen LogP contribution is 2.42. The molecule has 3 aromatic rings. The molecule has 144 valence electrons. The minimum absolute atomic E-state index is 0.0929. The van der Waals surface area contributed by atoms with E-state index < -0.39 is 0 Å². The summed E-state index contributed by atoms with van der Waals surface area (Å²) in [7, 11) is 0. The molecule has 0 aliphatic carbocycles. The summed E-state index contributed by atoms with van der Waals surface area (Å²) >= 11 is 5.72. The molecule has 4 nitrogen and oxygen atoms in total. The number of pyridine rings is 1. The summed E-state index contributed by atoms with van der Waals surface area (Å²) in [5, 5.41) is 4.06. The van der Waals surface area contributed by atoms with Crippen molar-refractivity contribution in [2.24, 2.45) is 0 Å². The van der Waals surface area contributed by atoms with E-state index in [4.69, 9.17) is 12.2 Å². The highest BCUT2D eigenvalue weighted by molar-refractivity contribution is 7.80. The van der Waals surface area contributed by atoms with Gasteiger partial charge in [-0.3, -0.25) is 4.98 Å². The Morgan fingerprint density at radius 3 is 2.64 bits per heavy atom. The lowest BCUT2D eigenvalue weighted by atomic mass is 10.0. The first-order valence-electron chi connectivity index (χ1n) is 9.41. The van der Waals surface area contributed by atoms with Gasteiger partial charge in [-0.1, -0.05) is 6.07 Å². The monoisotopic (exact) mass is 394 g/mol. The van der Waals surface area contributed by atoms with Crippen LogP contribution in [0.25, 0.3) is 0 Å². The average Bonchev–Trinajstić information content (AvgIpc) is 3.29. The summed E-state index contributed by atoms with van der Waals surface area (Å²) in [5.41, 5.74) is 3.53. The maximum atomic E-state index is 13.9. The number of nitrogens with zero attached hydrogens (tertiary/aromatic N) is 3. The molecular formula is C22H23FN4S. The minimum atomic E-state index is -0.217. The molecule has 4 rings (SSSR count). The van der Waals surface area contributed by atoms with Gasteiger partial charge < -0.3 is 14.8 Å². The lowest BCUT2D eigenvalue weighted by Gasteiger charge is -2.30. The molecule has 0 spiro atoms. The fourth-order valence-corrected chi connectivity index (χ4v) is 4.19. The molecule has 1 fully saturated rings. The third-order valence-corrected chi connectivity index (χ3v) is 5.50. The summed E-state index contributed by atoms with van der Waals surface area (Å²) in [4.78, 5) is 6.65. The minimum Gasteiger partial charge on any atom is -0.351 e. The fraction of sp³-hybridized carbons (Fsp3) is 0.273. The maximum Gasteiger partial charge on any atom is 0.174 e. The Bertz CT molecular complexity index is 999. The summed E-state index contributed by atoms with van der Waals surface area (Å²) in [5.74, 6) is -0.217. The van der Waals surface area contributed by atoms with Gasteiger partial charge in [0.15, 0.2) is 5.11 Å². The van der Waals surface area contributed by atoms with E-state index >= 15 is 0 Å². The van der Waals surface area contributed by atoms with Crippen LogP contribution < -0.4 is 10.2 Å². The van der Waals surface area contributed by atoms with Gasteiger partial charge in [0.05, 0.1) is 11.7 Å². The molecule has 0 radical (unpaired) electrons. The Hall–Kier alpha value is -2.73. The molecule has 0 saturated carbocycles. The van der Waals surface area contributed by atoms with E-state index in [1.807, 2.05) is 24.3 Å². The third kappa shape index (κ3) is 3.18. The number of halogens is 1. The van der Waals surface area contributed by atoms with Gasteiger partial charge in [-0.15, -0.1) is 0 Å². The Morgan fingerprint density at radius 1 is 1.14 bits per heavy atom. The second-order valence-corrected chi connectivity index (χ2v) is 7.75. The maximum absolute atomic E-state index is 13.9. The van der Waals surface area contributed by atoms with Crippen molar-refractivity contribution in [2.75, 3.05) is 4.90 Å². The Morgan fingerprint density at radius 2 is 1.96 bits per heavy atom. The van der Waals surface area contributed by atoms with Gasteiger partial charge in [0.2, 0.25) is 0 Å². The van der Waals surface area contributed by atoms with Gasteiger partial charge in [-0.05, 0) is 81.0 Å². The van der Waals surface area contributed by atoms with Crippen molar-refractivity contribution < 1.29 is 4.39 Å². The second kappa shape index (κ2) is 7.36. The van der Waals surface area contributed by atoms with Gasteiger partial charge in [0.25, 0.3) is 0 Å². The lowest BCUT2D eigenvalue weighted by Crippen LogP contribution is -2.30. The van der Waals surface area contributed by atoms with Crippen molar-refractivity contribution in [2.45, 2.75) is 38.9 Å². The van der Waals surface area contributed by atoms with Gasteiger partial charge in [0, 0.05) is 29.8 Å². The molecule has 6 heteroatoms. The van der Waals surface area contributed by atoms with Crippen molar-refractivity contribution in [1.29, 1.82) is 0 Å². The van der Waals surface area contributed by atoms with Gasteiger partial charge >= 0.3 is 0 Å². The molecule has 0 bridgehead atoms. The first-order chi connectivity index (χ1) is 13.5. The number of nitrogens with one attached hydrogen (secondary N) is 1. The molecule has 1 N–H and O–H groups in total. The van der Waals surface area contributed by atoms with Crippen LogP contribution >= 0.6 is 12.2 Å². The normalized spacial score (nSPS) is 19.3. The van der Waals surface area contributed by atoms with Crippen LogP contribution in [0.4, 0.5) is 10.1 Å². The smallest absolute Gasteiger partial charge is 0.174 e. The number of aryl methyl sites for hydroxylation is 1. The van der Waals surface area contributed by atoms with E-state index in [1.165, 1.54) is 6.07 Å². The average molecular weight is 395 g/mol. The standard InChI is InChI=1S/C22H23FN4S/c1-14(2)26-12-6-8-19(26)21-20(18-7-4-5-11-24-18)25-22(28)27(21)16-9-10-17(23)15(3)13-16/h4-14,20-21H,1-3H3,(H,25,28)/t20-,21+/m0/s1. The van der Waals surface area contributed by atoms with E-state index in [0.29, 0.717) is 16.7 Å². The molecule has 2 aromatic heterocycles. The summed E-state index contributed by atoms with van der Waals surface area (Å²) < 4.78 is 16.1. The number of rotatable bonds is 4. The lowest BCUT2D eigenvalue weighted by molar-refractivity contribution is 0.497. The fourth-order valence-electron chi connectivity index (χ4n) is 3.84. The van der Waals surface area contributed by atoms with Crippen LogP contribution in [-0.4, -0.2) is 14.7 Å². The van der Waals surface area contributed by atoms with Gasteiger partial charge in [-0.2, -0.15) is 0 Å². The van der Waals surface area contributed by atoms with E-state index in [-0.39, 0.29) is 17.9 Å². The van der Waals surface area contributed by atoms with E-state index in [9.17, 15) is 4.39 Å². The van der Waals surface area contributed by atoms with Crippen LogP contribution in [0.3, 0.4) is 0 Å². The van der Waals surface area contributed by atoms with Crippen LogP contribution in [0, 0.1) is 12.7 Å². The molecule has 28 heavy (non-hydrogen) atoms. The number of benzene rings is 1. The Labute approximate surface area is 170 Å². The Balaban J connectivity index is 1.87. The predicted molar refractivity (Wildman–Crippen MR) is 114 cm³/mol. The van der Waals surface area contributed by atoms with Crippen LogP contribution in [0.5, 0.6) is 0 Å². The van der Waals surface area contributed by atoms with E-state index in [2.05, 4.69) is 51.9 Å².